The number of benzene rings is 2. The molecule has 220 valence electrons. The quantitative estimate of drug-likeness (QED) is 0.262. The predicted molar refractivity (Wildman–Crippen MR) is 156 cm³/mol. The van der Waals surface area contributed by atoms with Gasteiger partial charge in [0.15, 0.2) is 0 Å². The maximum absolute atomic E-state index is 13.7. The molecule has 3 rings (SSSR count). The average molecular weight is 565 g/mol. The van der Waals surface area contributed by atoms with Gasteiger partial charge >= 0.3 is 12.1 Å². The van der Waals surface area contributed by atoms with Crippen LogP contribution < -0.4 is 16.0 Å². The standard InChI is InChI=1S/C31H40N4O6/c1-7-40-27(37)25(17-20-13-9-8-10-14-20)33-26(36)24(18-21-19-32-23-16-12-11-15-22(21)23)34-28(38)31(5,6)35-29(39)41-30(2,3)4/h8-16,19,24-25,32H,7,17-18H2,1-6H3,(H,33,36)(H,34,38)(H,35,39)/t24?,25-/m1/s1. The second-order valence-corrected chi connectivity index (χ2v) is 11.3. The Balaban J connectivity index is 1.86. The summed E-state index contributed by atoms with van der Waals surface area (Å²) in [5.74, 6) is -1.74. The molecule has 41 heavy (non-hydrogen) atoms. The number of aromatic nitrogens is 1. The molecule has 0 radical (unpaired) electrons. The van der Waals surface area contributed by atoms with Crippen LogP contribution in [0.3, 0.4) is 0 Å². The molecule has 0 aliphatic heterocycles. The molecule has 3 aromatic rings. The van der Waals surface area contributed by atoms with Gasteiger partial charge in [-0.25, -0.2) is 9.59 Å². The molecular weight excluding hydrogens is 524 g/mol. The summed E-state index contributed by atoms with van der Waals surface area (Å²) in [6, 6.07) is 14.8. The molecule has 0 bridgehead atoms. The number of esters is 1. The van der Waals surface area contributed by atoms with Crippen LogP contribution in [0.25, 0.3) is 10.9 Å². The summed E-state index contributed by atoms with van der Waals surface area (Å²) in [7, 11) is 0. The van der Waals surface area contributed by atoms with E-state index in [1.807, 2.05) is 54.6 Å². The lowest BCUT2D eigenvalue weighted by atomic mass is 10.00. The Labute approximate surface area is 240 Å². The van der Waals surface area contributed by atoms with E-state index in [1.165, 1.54) is 13.8 Å². The highest BCUT2D eigenvalue weighted by molar-refractivity contribution is 5.95. The second kappa shape index (κ2) is 13.3. The molecule has 1 aromatic heterocycles. The molecule has 0 spiro atoms. The fraction of sp³-hybridized carbons (Fsp3) is 0.419. The van der Waals surface area contributed by atoms with Gasteiger partial charge < -0.3 is 30.4 Å². The molecule has 0 aliphatic carbocycles. The van der Waals surface area contributed by atoms with Gasteiger partial charge in [0, 0.05) is 29.9 Å². The molecule has 0 aliphatic rings. The van der Waals surface area contributed by atoms with Gasteiger partial charge in [-0.3, -0.25) is 9.59 Å². The van der Waals surface area contributed by atoms with Crippen molar-refractivity contribution in [3.05, 3.63) is 71.9 Å². The normalized spacial score (nSPS) is 13.1. The Morgan fingerprint density at radius 1 is 0.854 bits per heavy atom. The number of nitrogens with one attached hydrogen (secondary N) is 4. The predicted octanol–water partition coefficient (Wildman–Crippen LogP) is 3.79. The van der Waals surface area contributed by atoms with E-state index in [2.05, 4.69) is 20.9 Å². The van der Waals surface area contributed by atoms with Crippen LogP contribution in [0.5, 0.6) is 0 Å². The van der Waals surface area contributed by atoms with Crippen molar-refractivity contribution >= 4 is 34.8 Å². The van der Waals surface area contributed by atoms with E-state index in [4.69, 9.17) is 9.47 Å². The first-order valence-electron chi connectivity index (χ1n) is 13.7. The third-order valence-corrected chi connectivity index (χ3v) is 6.27. The van der Waals surface area contributed by atoms with Crippen LogP contribution in [0.2, 0.25) is 0 Å². The van der Waals surface area contributed by atoms with Gasteiger partial charge in [-0.15, -0.1) is 0 Å². The van der Waals surface area contributed by atoms with Crippen LogP contribution in [0.15, 0.2) is 60.8 Å². The lowest BCUT2D eigenvalue weighted by Crippen LogP contribution is -2.60. The lowest BCUT2D eigenvalue weighted by molar-refractivity contribution is -0.147. The summed E-state index contributed by atoms with van der Waals surface area (Å²) in [6.07, 6.45) is 1.37. The minimum Gasteiger partial charge on any atom is -0.464 e. The largest absolute Gasteiger partial charge is 0.464 e. The van der Waals surface area contributed by atoms with E-state index in [0.717, 1.165) is 22.0 Å². The molecule has 1 unspecified atom stereocenters. The topological polar surface area (TPSA) is 139 Å². The van der Waals surface area contributed by atoms with Crippen LogP contribution in [-0.4, -0.2) is 58.7 Å². The fourth-order valence-electron chi connectivity index (χ4n) is 4.24. The monoisotopic (exact) mass is 564 g/mol. The zero-order valence-corrected chi connectivity index (χ0v) is 24.5. The number of aromatic amines is 1. The molecule has 10 heteroatoms. The van der Waals surface area contributed by atoms with Gasteiger partial charge in [0.1, 0.15) is 23.2 Å². The highest BCUT2D eigenvalue weighted by Gasteiger charge is 2.35. The molecular formula is C31H40N4O6. The summed E-state index contributed by atoms with van der Waals surface area (Å²) >= 11 is 0. The van der Waals surface area contributed by atoms with Crippen molar-refractivity contribution in [1.29, 1.82) is 0 Å². The highest BCUT2D eigenvalue weighted by Crippen LogP contribution is 2.20. The summed E-state index contributed by atoms with van der Waals surface area (Å²) in [5, 5.41) is 9.04. The second-order valence-electron chi connectivity index (χ2n) is 11.3. The van der Waals surface area contributed by atoms with Crippen molar-refractivity contribution in [1.82, 2.24) is 20.9 Å². The highest BCUT2D eigenvalue weighted by atomic mass is 16.6. The van der Waals surface area contributed by atoms with Crippen molar-refractivity contribution in [2.45, 2.75) is 77.6 Å². The Kier molecular flexibility index (Phi) is 10.2. The maximum atomic E-state index is 13.7. The van der Waals surface area contributed by atoms with E-state index in [1.54, 1.807) is 33.9 Å². The number of rotatable bonds is 11. The first-order chi connectivity index (χ1) is 19.3. The maximum Gasteiger partial charge on any atom is 0.408 e. The van der Waals surface area contributed by atoms with Crippen molar-refractivity contribution in [3.63, 3.8) is 0 Å². The van der Waals surface area contributed by atoms with Gasteiger partial charge in [0.05, 0.1) is 6.61 Å². The van der Waals surface area contributed by atoms with Crippen molar-refractivity contribution in [2.75, 3.05) is 6.61 Å². The zero-order valence-electron chi connectivity index (χ0n) is 24.5. The van der Waals surface area contributed by atoms with Gasteiger partial charge in [0.2, 0.25) is 11.8 Å². The van der Waals surface area contributed by atoms with Crippen LogP contribution in [-0.2, 0) is 36.7 Å². The Morgan fingerprint density at radius 3 is 2.17 bits per heavy atom. The molecule has 2 atom stereocenters. The van der Waals surface area contributed by atoms with Crippen LogP contribution >= 0.6 is 0 Å². The van der Waals surface area contributed by atoms with Crippen LogP contribution in [0.1, 0.15) is 52.7 Å². The number of para-hydroxylation sites is 1. The first kappa shape index (κ1) is 31.2. The molecule has 0 saturated heterocycles. The van der Waals surface area contributed by atoms with Gasteiger partial charge in [-0.1, -0.05) is 48.5 Å². The fourth-order valence-corrected chi connectivity index (χ4v) is 4.24. The Morgan fingerprint density at radius 2 is 1.51 bits per heavy atom. The minimum absolute atomic E-state index is 0.130. The Bertz CT molecular complexity index is 1360. The van der Waals surface area contributed by atoms with E-state index in [9.17, 15) is 19.2 Å². The number of alkyl carbamates (subject to hydrolysis) is 1. The minimum atomic E-state index is -1.41. The number of amides is 3. The number of carbonyl (C=O) groups excluding carboxylic acids is 4. The van der Waals surface area contributed by atoms with Gasteiger partial charge in [0.25, 0.3) is 0 Å². The Hall–Kier alpha value is -4.34. The number of hydrogen-bond acceptors (Lipinski definition) is 6. The molecule has 10 nitrogen and oxygen atoms in total. The zero-order chi connectivity index (χ0) is 30.2. The van der Waals surface area contributed by atoms with E-state index < -0.39 is 47.1 Å². The number of H-pyrrole nitrogens is 1. The molecule has 3 amide bonds. The molecule has 0 saturated carbocycles. The van der Waals surface area contributed by atoms with Crippen molar-refractivity contribution < 1.29 is 28.7 Å². The van der Waals surface area contributed by atoms with Crippen LogP contribution in [0.4, 0.5) is 4.79 Å². The number of fused-ring (bicyclic) bond motifs is 1. The van der Waals surface area contributed by atoms with Gasteiger partial charge in [-0.2, -0.15) is 0 Å². The smallest absolute Gasteiger partial charge is 0.408 e. The number of carbonyl (C=O) groups is 4. The lowest BCUT2D eigenvalue weighted by Gasteiger charge is -2.30. The molecule has 4 N–H and O–H groups in total. The van der Waals surface area contributed by atoms with Crippen molar-refractivity contribution in [2.24, 2.45) is 0 Å². The summed E-state index contributed by atoms with van der Waals surface area (Å²) in [5.41, 5.74) is 0.356. The molecule has 1 heterocycles. The average Bonchev–Trinajstić information content (AvgIpc) is 3.29. The molecule has 0 fully saturated rings. The van der Waals surface area contributed by atoms with Crippen LogP contribution in [0, 0.1) is 0 Å². The van der Waals surface area contributed by atoms with E-state index >= 15 is 0 Å². The number of hydrogen-bond donors (Lipinski definition) is 4. The van der Waals surface area contributed by atoms with E-state index in [-0.39, 0.29) is 19.4 Å². The third-order valence-electron chi connectivity index (χ3n) is 6.27. The third kappa shape index (κ3) is 9.09. The summed E-state index contributed by atoms with van der Waals surface area (Å²) < 4.78 is 10.5. The summed E-state index contributed by atoms with van der Waals surface area (Å²) in [6.45, 7) is 10.0. The summed E-state index contributed by atoms with van der Waals surface area (Å²) in [4.78, 5) is 55.6. The SMILES string of the molecule is CCOC(=O)[C@@H](Cc1ccccc1)NC(=O)C(Cc1c[nH]c2ccccc12)NC(=O)C(C)(C)NC(=O)OC(C)(C)C. The van der Waals surface area contributed by atoms with Gasteiger partial charge in [-0.05, 0) is 58.7 Å². The van der Waals surface area contributed by atoms with Crippen molar-refractivity contribution in [3.8, 4) is 0 Å². The molecule has 2 aromatic carbocycles. The number of ether oxygens (including phenoxy) is 2. The van der Waals surface area contributed by atoms with E-state index in [0.29, 0.717) is 0 Å². The first-order valence-corrected chi connectivity index (χ1v) is 13.7.